The van der Waals surface area contributed by atoms with Gasteiger partial charge in [-0.2, -0.15) is 0 Å². The van der Waals surface area contributed by atoms with Crippen LogP contribution >= 0.6 is 0 Å². The number of carbonyl (C=O) groups excluding carboxylic acids is 1. The van der Waals surface area contributed by atoms with Crippen LogP contribution in [0.4, 0.5) is 0 Å². The maximum absolute atomic E-state index is 11.0. The Morgan fingerprint density at radius 2 is 2.25 bits per heavy atom. The van der Waals surface area contributed by atoms with Gasteiger partial charge in [0.05, 0.1) is 13.5 Å². The van der Waals surface area contributed by atoms with Crippen LogP contribution in [0.3, 0.4) is 0 Å². The molecule has 12 heavy (non-hydrogen) atoms. The molecule has 1 N–H and O–H groups in total. The highest BCUT2D eigenvalue weighted by Crippen LogP contribution is 1.96. The summed E-state index contributed by atoms with van der Waals surface area (Å²) in [5.74, 6) is -0.163. The van der Waals surface area contributed by atoms with Crippen LogP contribution in [0.2, 0.25) is 0 Å². The minimum atomic E-state index is -0.163. The molecule has 1 amide bonds. The summed E-state index contributed by atoms with van der Waals surface area (Å²) in [5, 5.41) is 0. The first-order chi connectivity index (χ1) is 5.83. The van der Waals surface area contributed by atoms with Gasteiger partial charge in [0, 0.05) is 12.4 Å². The Balaban J connectivity index is 2.47. The fraction of sp³-hybridized carbons (Fsp3) is 0.250. The van der Waals surface area contributed by atoms with Crippen LogP contribution in [0, 0.1) is 0 Å². The van der Waals surface area contributed by atoms with E-state index >= 15 is 0 Å². The molecule has 1 heterocycles. The molecule has 0 radical (unpaired) electrons. The van der Waals surface area contributed by atoms with Gasteiger partial charge < -0.3 is 0 Å². The highest BCUT2D eigenvalue weighted by molar-refractivity contribution is 5.77. The molecular weight excluding hydrogens is 156 g/mol. The van der Waals surface area contributed by atoms with Crippen molar-refractivity contribution < 1.29 is 9.63 Å². The summed E-state index contributed by atoms with van der Waals surface area (Å²) < 4.78 is 0. The van der Waals surface area contributed by atoms with Crippen LogP contribution < -0.4 is 5.48 Å². The van der Waals surface area contributed by atoms with Gasteiger partial charge in [0.1, 0.15) is 0 Å². The van der Waals surface area contributed by atoms with Crippen LogP contribution in [0.1, 0.15) is 5.56 Å². The summed E-state index contributed by atoms with van der Waals surface area (Å²) in [6.45, 7) is 0. The maximum Gasteiger partial charge on any atom is 0.247 e. The van der Waals surface area contributed by atoms with Gasteiger partial charge in [0.15, 0.2) is 0 Å². The van der Waals surface area contributed by atoms with Crippen molar-refractivity contribution in [1.82, 2.24) is 10.5 Å². The predicted molar refractivity (Wildman–Crippen MR) is 43.1 cm³/mol. The summed E-state index contributed by atoms with van der Waals surface area (Å²) in [5.41, 5.74) is 3.15. The van der Waals surface area contributed by atoms with Crippen molar-refractivity contribution in [2.24, 2.45) is 0 Å². The predicted octanol–water partition coefficient (Wildman–Crippen LogP) is 0.302. The zero-order valence-electron chi connectivity index (χ0n) is 6.78. The molecule has 0 aliphatic carbocycles. The summed E-state index contributed by atoms with van der Waals surface area (Å²) in [7, 11) is 1.41. The van der Waals surface area contributed by atoms with Gasteiger partial charge in [-0.1, -0.05) is 0 Å². The Hall–Kier alpha value is -1.42. The smallest absolute Gasteiger partial charge is 0.247 e. The molecule has 4 heteroatoms. The van der Waals surface area contributed by atoms with E-state index in [4.69, 9.17) is 0 Å². The van der Waals surface area contributed by atoms with E-state index in [-0.39, 0.29) is 5.91 Å². The molecule has 0 fully saturated rings. The topological polar surface area (TPSA) is 51.2 Å². The zero-order chi connectivity index (χ0) is 8.81. The number of hydrogen-bond donors (Lipinski definition) is 1. The molecule has 1 aromatic heterocycles. The molecule has 4 nitrogen and oxygen atoms in total. The molecule has 0 bridgehead atoms. The first-order valence-corrected chi connectivity index (χ1v) is 3.53. The largest absolute Gasteiger partial charge is 0.277 e. The lowest BCUT2D eigenvalue weighted by Gasteiger charge is -2.00. The van der Waals surface area contributed by atoms with Gasteiger partial charge >= 0.3 is 0 Å². The minimum absolute atomic E-state index is 0.163. The highest BCUT2D eigenvalue weighted by Gasteiger charge is 2.00. The first kappa shape index (κ1) is 8.67. The van der Waals surface area contributed by atoms with Gasteiger partial charge in [0.25, 0.3) is 0 Å². The summed E-state index contributed by atoms with van der Waals surface area (Å²) >= 11 is 0. The number of nitrogens with one attached hydrogen (secondary N) is 1. The maximum atomic E-state index is 11.0. The van der Waals surface area contributed by atoms with E-state index in [9.17, 15) is 4.79 Å². The molecule has 1 aromatic rings. The molecule has 0 saturated carbocycles. The van der Waals surface area contributed by atoms with E-state index in [1.807, 2.05) is 0 Å². The van der Waals surface area contributed by atoms with Gasteiger partial charge in [0.2, 0.25) is 5.91 Å². The van der Waals surface area contributed by atoms with Crippen molar-refractivity contribution >= 4 is 5.91 Å². The van der Waals surface area contributed by atoms with Gasteiger partial charge in [-0.15, -0.1) is 0 Å². The van der Waals surface area contributed by atoms with Gasteiger partial charge in [-0.3, -0.25) is 14.6 Å². The molecular formula is C8H10N2O2. The van der Waals surface area contributed by atoms with Gasteiger partial charge in [-0.05, 0) is 17.7 Å². The third kappa shape index (κ3) is 2.67. The number of carbonyl (C=O) groups is 1. The third-order valence-corrected chi connectivity index (χ3v) is 1.33. The van der Waals surface area contributed by atoms with Crippen molar-refractivity contribution in [3.63, 3.8) is 0 Å². The van der Waals surface area contributed by atoms with Crippen LogP contribution in [0.5, 0.6) is 0 Å². The van der Waals surface area contributed by atoms with Crippen LogP contribution in [0.15, 0.2) is 24.5 Å². The molecule has 1 rings (SSSR count). The lowest BCUT2D eigenvalue weighted by Crippen LogP contribution is -2.23. The molecule has 0 spiro atoms. The second-order valence-electron chi connectivity index (χ2n) is 2.26. The van der Waals surface area contributed by atoms with E-state index in [0.29, 0.717) is 6.42 Å². The van der Waals surface area contributed by atoms with E-state index in [2.05, 4.69) is 15.3 Å². The monoisotopic (exact) mass is 166 g/mol. The summed E-state index contributed by atoms with van der Waals surface area (Å²) in [6.07, 6.45) is 3.61. The number of rotatable bonds is 3. The number of pyridine rings is 1. The third-order valence-electron chi connectivity index (χ3n) is 1.33. The number of nitrogens with zero attached hydrogens (tertiary/aromatic N) is 1. The van der Waals surface area contributed by atoms with Crippen molar-refractivity contribution in [2.75, 3.05) is 7.11 Å². The molecule has 0 atom stereocenters. The molecule has 64 valence electrons. The van der Waals surface area contributed by atoms with Crippen molar-refractivity contribution in [3.8, 4) is 0 Å². The number of hydroxylamine groups is 1. The van der Waals surface area contributed by atoms with Crippen LogP contribution in [-0.2, 0) is 16.1 Å². The number of hydrogen-bond acceptors (Lipinski definition) is 3. The lowest BCUT2D eigenvalue weighted by molar-refractivity contribution is -0.130. The average Bonchev–Trinajstić information content (AvgIpc) is 2.06. The molecule has 0 saturated heterocycles. The quantitative estimate of drug-likeness (QED) is 0.657. The Labute approximate surface area is 70.5 Å². The van der Waals surface area contributed by atoms with E-state index in [1.54, 1.807) is 24.5 Å². The number of amides is 1. The van der Waals surface area contributed by atoms with Crippen LogP contribution in [-0.4, -0.2) is 18.0 Å². The van der Waals surface area contributed by atoms with E-state index in [1.165, 1.54) is 7.11 Å². The Kier molecular flexibility index (Phi) is 3.22. The van der Waals surface area contributed by atoms with Crippen molar-refractivity contribution in [2.45, 2.75) is 6.42 Å². The summed E-state index contributed by atoms with van der Waals surface area (Å²) in [6, 6.07) is 3.57. The SMILES string of the molecule is CONC(=O)Cc1ccncc1. The Morgan fingerprint density at radius 1 is 1.58 bits per heavy atom. The van der Waals surface area contributed by atoms with E-state index in [0.717, 1.165) is 5.56 Å². The zero-order valence-corrected chi connectivity index (χ0v) is 6.78. The normalized spacial score (nSPS) is 9.42. The summed E-state index contributed by atoms with van der Waals surface area (Å²) in [4.78, 5) is 19.3. The molecule has 0 aromatic carbocycles. The lowest BCUT2D eigenvalue weighted by atomic mass is 10.2. The van der Waals surface area contributed by atoms with Crippen LogP contribution in [0.25, 0.3) is 0 Å². The standard InChI is InChI=1S/C8H10N2O2/c1-12-10-8(11)6-7-2-4-9-5-3-7/h2-5H,6H2,1H3,(H,10,11). The fourth-order valence-electron chi connectivity index (χ4n) is 0.836. The molecule has 0 aliphatic rings. The average molecular weight is 166 g/mol. The molecule has 0 aliphatic heterocycles. The molecule has 0 unspecified atom stereocenters. The first-order valence-electron chi connectivity index (χ1n) is 3.53. The van der Waals surface area contributed by atoms with Crippen molar-refractivity contribution in [3.05, 3.63) is 30.1 Å². The Morgan fingerprint density at radius 3 is 2.83 bits per heavy atom. The second-order valence-corrected chi connectivity index (χ2v) is 2.26. The second kappa shape index (κ2) is 4.46. The highest BCUT2D eigenvalue weighted by atomic mass is 16.6. The van der Waals surface area contributed by atoms with E-state index < -0.39 is 0 Å². The minimum Gasteiger partial charge on any atom is -0.277 e. The Bertz CT molecular complexity index is 248. The number of aromatic nitrogens is 1. The van der Waals surface area contributed by atoms with Gasteiger partial charge in [-0.25, -0.2) is 5.48 Å². The van der Waals surface area contributed by atoms with Crippen molar-refractivity contribution in [1.29, 1.82) is 0 Å². The fourth-order valence-corrected chi connectivity index (χ4v) is 0.836.